The van der Waals surface area contributed by atoms with E-state index < -0.39 is 0 Å². The van der Waals surface area contributed by atoms with Crippen molar-refractivity contribution in [3.63, 3.8) is 0 Å². The average Bonchev–Trinajstić information content (AvgIpc) is 2.61. The molecule has 0 aromatic heterocycles. The number of hydrogen-bond donors (Lipinski definition) is 0. The summed E-state index contributed by atoms with van der Waals surface area (Å²) in [6.45, 7) is 4.58. The molecule has 14 heavy (non-hydrogen) atoms. The third-order valence-electron chi connectivity index (χ3n) is 2.97. The van der Waals surface area contributed by atoms with Crippen molar-refractivity contribution in [3.8, 4) is 0 Å². The molecular formula is C14H17. The molecule has 0 aliphatic heterocycles. The van der Waals surface area contributed by atoms with Crippen LogP contribution in [-0.4, -0.2) is 0 Å². The topological polar surface area (TPSA) is 0 Å². The average molecular weight is 185 g/mol. The molecule has 73 valence electrons. The Hall–Kier alpha value is -1.04. The second kappa shape index (κ2) is 4.00. The van der Waals surface area contributed by atoms with Crippen LogP contribution >= 0.6 is 0 Å². The van der Waals surface area contributed by atoms with Gasteiger partial charge in [0.15, 0.2) is 0 Å². The van der Waals surface area contributed by atoms with E-state index in [1.54, 1.807) is 0 Å². The predicted molar refractivity (Wildman–Crippen MR) is 61.9 cm³/mol. The van der Waals surface area contributed by atoms with Crippen molar-refractivity contribution in [1.82, 2.24) is 0 Å². The fourth-order valence-electron chi connectivity index (χ4n) is 2.19. The lowest BCUT2D eigenvalue weighted by Gasteiger charge is -2.17. The SMILES string of the molecule is CCCC(C)[C]1C=Cc2ccccc21. The molecule has 1 unspecified atom stereocenters. The smallest absolute Gasteiger partial charge is 0.0301 e. The maximum atomic E-state index is 2.32. The molecule has 2 rings (SSSR count). The normalized spacial score (nSPS) is 17.0. The van der Waals surface area contributed by atoms with E-state index in [9.17, 15) is 0 Å². The van der Waals surface area contributed by atoms with E-state index in [1.165, 1.54) is 29.9 Å². The minimum Gasteiger partial charge on any atom is -0.0718 e. The van der Waals surface area contributed by atoms with Crippen molar-refractivity contribution in [2.45, 2.75) is 26.7 Å². The number of fused-ring (bicyclic) bond motifs is 1. The van der Waals surface area contributed by atoms with Gasteiger partial charge in [-0.15, -0.1) is 0 Å². The second-order valence-corrected chi connectivity index (χ2v) is 4.07. The molecule has 1 radical (unpaired) electrons. The summed E-state index contributed by atoms with van der Waals surface area (Å²) in [5.74, 6) is 2.21. The lowest BCUT2D eigenvalue weighted by Crippen LogP contribution is -2.06. The Kier molecular flexibility index (Phi) is 2.72. The summed E-state index contributed by atoms with van der Waals surface area (Å²) in [6, 6.07) is 8.66. The maximum absolute atomic E-state index is 2.32. The summed E-state index contributed by atoms with van der Waals surface area (Å²) in [7, 11) is 0. The summed E-state index contributed by atoms with van der Waals surface area (Å²) in [4.78, 5) is 0. The lowest BCUT2D eigenvalue weighted by atomic mass is 9.86. The monoisotopic (exact) mass is 185 g/mol. The molecule has 1 aliphatic rings. The first kappa shape index (κ1) is 9.51. The summed E-state index contributed by atoms with van der Waals surface area (Å²) in [5, 5.41) is 0. The molecule has 0 heteroatoms. The van der Waals surface area contributed by atoms with E-state index >= 15 is 0 Å². The van der Waals surface area contributed by atoms with Crippen LogP contribution < -0.4 is 0 Å². The number of rotatable bonds is 3. The Morgan fingerprint density at radius 2 is 1.93 bits per heavy atom. The Bertz CT molecular complexity index is 336. The molecule has 1 aromatic carbocycles. The largest absolute Gasteiger partial charge is 0.0718 e. The first-order valence-corrected chi connectivity index (χ1v) is 5.47. The van der Waals surface area contributed by atoms with Crippen LogP contribution in [0.25, 0.3) is 6.08 Å². The standard InChI is InChI=1S/C14H17/c1-3-6-11(2)13-10-9-12-7-4-5-8-14(12)13/h4-5,7-11H,3,6H2,1-2H3. The Balaban J connectivity index is 2.21. The number of hydrogen-bond acceptors (Lipinski definition) is 0. The predicted octanol–water partition coefficient (Wildman–Crippen LogP) is 4.07. The molecule has 0 fully saturated rings. The minimum absolute atomic E-state index is 0.694. The van der Waals surface area contributed by atoms with E-state index in [2.05, 4.69) is 50.3 Å². The highest BCUT2D eigenvalue weighted by molar-refractivity contribution is 5.68. The van der Waals surface area contributed by atoms with Crippen molar-refractivity contribution in [2.24, 2.45) is 5.92 Å². The van der Waals surface area contributed by atoms with Crippen LogP contribution in [0.2, 0.25) is 0 Å². The van der Waals surface area contributed by atoms with Gasteiger partial charge < -0.3 is 0 Å². The van der Waals surface area contributed by atoms with Gasteiger partial charge in [0.05, 0.1) is 0 Å². The molecule has 1 atom stereocenters. The molecule has 0 amide bonds. The quantitative estimate of drug-likeness (QED) is 0.665. The molecule has 0 bridgehead atoms. The van der Waals surface area contributed by atoms with Gasteiger partial charge in [-0.1, -0.05) is 56.7 Å². The molecule has 0 saturated heterocycles. The van der Waals surface area contributed by atoms with Gasteiger partial charge in [-0.05, 0) is 23.5 Å². The molecule has 0 heterocycles. The van der Waals surface area contributed by atoms with Crippen molar-refractivity contribution in [3.05, 3.63) is 47.4 Å². The highest BCUT2D eigenvalue weighted by atomic mass is 14.3. The van der Waals surface area contributed by atoms with Crippen LogP contribution in [0.4, 0.5) is 0 Å². The van der Waals surface area contributed by atoms with Gasteiger partial charge in [0.25, 0.3) is 0 Å². The summed E-state index contributed by atoms with van der Waals surface area (Å²) >= 11 is 0. The lowest BCUT2D eigenvalue weighted by molar-refractivity contribution is 0.574. The van der Waals surface area contributed by atoms with Crippen molar-refractivity contribution in [2.75, 3.05) is 0 Å². The Morgan fingerprint density at radius 1 is 1.14 bits per heavy atom. The zero-order valence-corrected chi connectivity index (χ0v) is 8.96. The Morgan fingerprint density at radius 3 is 2.71 bits per heavy atom. The zero-order chi connectivity index (χ0) is 9.97. The van der Waals surface area contributed by atoms with Gasteiger partial charge in [0.1, 0.15) is 0 Å². The van der Waals surface area contributed by atoms with Gasteiger partial charge in [0.2, 0.25) is 0 Å². The highest BCUT2D eigenvalue weighted by Gasteiger charge is 2.22. The highest BCUT2D eigenvalue weighted by Crippen LogP contribution is 2.35. The molecule has 0 N–H and O–H groups in total. The van der Waals surface area contributed by atoms with Crippen LogP contribution in [0.5, 0.6) is 0 Å². The van der Waals surface area contributed by atoms with Crippen molar-refractivity contribution < 1.29 is 0 Å². The first-order valence-electron chi connectivity index (χ1n) is 5.47. The molecule has 0 saturated carbocycles. The van der Waals surface area contributed by atoms with Crippen LogP contribution in [0, 0.1) is 11.8 Å². The molecule has 1 aliphatic carbocycles. The summed E-state index contributed by atoms with van der Waals surface area (Å²) in [5.41, 5.74) is 2.82. The summed E-state index contributed by atoms with van der Waals surface area (Å²) in [6.07, 6.45) is 7.07. The van der Waals surface area contributed by atoms with E-state index in [1.807, 2.05) is 0 Å². The van der Waals surface area contributed by atoms with Crippen molar-refractivity contribution in [1.29, 1.82) is 0 Å². The Labute approximate surface area is 86.7 Å². The molecule has 0 spiro atoms. The minimum atomic E-state index is 0.694. The van der Waals surface area contributed by atoms with Crippen LogP contribution in [0.3, 0.4) is 0 Å². The van der Waals surface area contributed by atoms with Gasteiger partial charge in [-0.25, -0.2) is 0 Å². The fraction of sp³-hybridized carbons (Fsp3) is 0.357. The number of benzene rings is 1. The molecule has 1 aromatic rings. The second-order valence-electron chi connectivity index (χ2n) is 4.07. The third kappa shape index (κ3) is 1.61. The molecule has 0 nitrogen and oxygen atoms in total. The molecular weight excluding hydrogens is 168 g/mol. The van der Waals surface area contributed by atoms with E-state index in [4.69, 9.17) is 0 Å². The van der Waals surface area contributed by atoms with E-state index in [0.29, 0.717) is 5.92 Å². The van der Waals surface area contributed by atoms with Gasteiger partial charge in [-0.3, -0.25) is 0 Å². The van der Waals surface area contributed by atoms with Crippen molar-refractivity contribution >= 4 is 6.08 Å². The summed E-state index contributed by atoms with van der Waals surface area (Å²) < 4.78 is 0. The number of allylic oxidation sites excluding steroid dienone is 1. The maximum Gasteiger partial charge on any atom is 0.0301 e. The van der Waals surface area contributed by atoms with Gasteiger partial charge >= 0.3 is 0 Å². The van der Waals surface area contributed by atoms with Crippen LogP contribution in [0.15, 0.2) is 30.3 Å². The third-order valence-corrected chi connectivity index (χ3v) is 2.97. The van der Waals surface area contributed by atoms with Crippen LogP contribution in [-0.2, 0) is 0 Å². The zero-order valence-electron chi connectivity index (χ0n) is 8.96. The van der Waals surface area contributed by atoms with Gasteiger partial charge in [-0.2, -0.15) is 0 Å². The van der Waals surface area contributed by atoms with Crippen LogP contribution in [0.1, 0.15) is 37.8 Å². The van der Waals surface area contributed by atoms with E-state index in [0.717, 1.165) is 0 Å². The van der Waals surface area contributed by atoms with E-state index in [-0.39, 0.29) is 0 Å². The first-order chi connectivity index (χ1) is 6.83. The van der Waals surface area contributed by atoms with Gasteiger partial charge in [0, 0.05) is 5.92 Å². The fourth-order valence-corrected chi connectivity index (χ4v) is 2.19.